The fourth-order valence-electron chi connectivity index (χ4n) is 3.97. The van der Waals surface area contributed by atoms with Crippen molar-refractivity contribution in [3.05, 3.63) is 60.4 Å². The molecule has 0 saturated carbocycles. The van der Waals surface area contributed by atoms with Gasteiger partial charge in [0, 0.05) is 16.3 Å². The molecule has 2 aromatic heterocycles. The molecule has 1 aliphatic heterocycles. The van der Waals surface area contributed by atoms with Crippen LogP contribution in [-0.2, 0) is 6.54 Å². The summed E-state index contributed by atoms with van der Waals surface area (Å²) in [6.07, 6.45) is 0. The third-order valence-electron chi connectivity index (χ3n) is 5.59. The minimum absolute atomic E-state index is 0.847. The van der Waals surface area contributed by atoms with Crippen molar-refractivity contribution >= 4 is 16.4 Å². The molecular weight excluding hydrogens is 336 g/mol. The second kappa shape index (κ2) is 6.72. The number of fused-ring (bicyclic) bond motifs is 3. The molecule has 1 aliphatic rings. The molecule has 3 heterocycles. The van der Waals surface area contributed by atoms with E-state index in [0.717, 1.165) is 40.0 Å². The molecule has 2 aromatic carbocycles. The van der Waals surface area contributed by atoms with Crippen LogP contribution in [0, 0.1) is 0 Å². The van der Waals surface area contributed by atoms with Crippen molar-refractivity contribution < 1.29 is 9.80 Å². The van der Waals surface area contributed by atoms with Crippen molar-refractivity contribution in [2.45, 2.75) is 6.54 Å². The van der Waals surface area contributed by atoms with Gasteiger partial charge in [-0.25, -0.2) is 0 Å². The summed E-state index contributed by atoms with van der Waals surface area (Å²) in [5, 5.41) is 16.2. The molecule has 0 aliphatic carbocycles. The molecule has 0 bridgehead atoms. The van der Waals surface area contributed by atoms with Gasteiger partial charge < -0.3 is 9.80 Å². The van der Waals surface area contributed by atoms with Gasteiger partial charge >= 0.3 is 0 Å². The Morgan fingerprint density at radius 3 is 2.33 bits per heavy atom. The van der Waals surface area contributed by atoms with E-state index in [4.69, 9.17) is 5.10 Å². The predicted octanol–water partition coefficient (Wildman–Crippen LogP) is -0.142. The van der Waals surface area contributed by atoms with E-state index in [1.165, 1.54) is 26.2 Å². The van der Waals surface area contributed by atoms with Crippen LogP contribution in [0.2, 0.25) is 0 Å². The summed E-state index contributed by atoms with van der Waals surface area (Å²) in [4.78, 5) is 3.17. The molecule has 2 N–H and O–H groups in total. The molecule has 0 amide bonds. The largest absolute Gasteiger partial charge is 0.328 e. The first-order chi connectivity index (χ1) is 13.3. The van der Waals surface area contributed by atoms with Crippen LogP contribution < -0.4 is 9.80 Å². The predicted molar refractivity (Wildman–Crippen MR) is 105 cm³/mol. The Morgan fingerprint density at radius 1 is 0.852 bits per heavy atom. The highest BCUT2D eigenvalue weighted by atomic mass is 15.4. The summed E-state index contributed by atoms with van der Waals surface area (Å²) < 4.78 is 1.96. The Kier molecular flexibility index (Phi) is 4.07. The average Bonchev–Trinajstić information content (AvgIpc) is 3.13. The number of nitrogens with one attached hydrogen (secondary N) is 2. The van der Waals surface area contributed by atoms with Gasteiger partial charge in [-0.1, -0.05) is 54.6 Å². The van der Waals surface area contributed by atoms with Gasteiger partial charge in [0.15, 0.2) is 5.65 Å². The van der Waals surface area contributed by atoms with Gasteiger partial charge in [0.05, 0.1) is 12.7 Å². The fraction of sp³-hybridized carbons (Fsp3) is 0.286. The number of nitrogens with zero attached hydrogens (tertiary/aromatic N) is 4. The molecule has 27 heavy (non-hydrogen) atoms. The standard InChI is InChI=1S/C21H22N6/c1-25-11-13-26(14-12-25)15-19-22-23-21-18-10-6-5-9-17(18)20(24-27(19)21)16-7-3-2-4-8-16/h2-10H,11-15H2,1H3/p+2. The lowest BCUT2D eigenvalue weighted by Crippen LogP contribution is -3.26. The molecule has 136 valence electrons. The molecule has 0 unspecified atom stereocenters. The van der Waals surface area contributed by atoms with Crippen LogP contribution in [0.3, 0.4) is 0 Å². The highest BCUT2D eigenvalue weighted by Gasteiger charge is 2.23. The van der Waals surface area contributed by atoms with Gasteiger partial charge in [0.2, 0.25) is 5.82 Å². The van der Waals surface area contributed by atoms with E-state index in [2.05, 4.69) is 65.8 Å². The number of rotatable bonds is 3. The number of aromatic nitrogens is 4. The van der Waals surface area contributed by atoms with E-state index in [-0.39, 0.29) is 0 Å². The topological polar surface area (TPSA) is 52.0 Å². The molecule has 1 saturated heterocycles. The molecular formula is C21H24N6+2. The number of piperazine rings is 1. The maximum Gasteiger partial charge on any atom is 0.209 e. The molecule has 0 spiro atoms. The monoisotopic (exact) mass is 360 g/mol. The van der Waals surface area contributed by atoms with E-state index in [1.54, 1.807) is 9.80 Å². The molecule has 1 fully saturated rings. The lowest BCUT2D eigenvalue weighted by Gasteiger charge is -2.26. The molecule has 4 aromatic rings. The zero-order valence-electron chi connectivity index (χ0n) is 15.5. The van der Waals surface area contributed by atoms with Crippen LogP contribution in [0.15, 0.2) is 54.6 Å². The van der Waals surface area contributed by atoms with E-state index in [0.29, 0.717) is 0 Å². The first-order valence-electron chi connectivity index (χ1n) is 9.63. The highest BCUT2D eigenvalue weighted by Crippen LogP contribution is 2.28. The summed E-state index contributed by atoms with van der Waals surface area (Å²) >= 11 is 0. The van der Waals surface area contributed by atoms with Crippen LogP contribution in [-0.4, -0.2) is 53.0 Å². The summed E-state index contributed by atoms with van der Waals surface area (Å²) in [5.41, 5.74) is 2.95. The maximum atomic E-state index is 4.99. The maximum absolute atomic E-state index is 4.99. The summed E-state index contributed by atoms with van der Waals surface area (Å²) in [6, 6.07) is 18.7. The summed E-state index contributed by atoms with van der Waals surface area (Å²) in [5.74, 6) is 0.947. The number of hydrogen-bond acceptors (Lipinski definition) is 3. The minimum atomic E-state index is 0.847. The Morgan fingerprint density at radius 2 is 1.56 bits per heavy atom. The van der Waals surface area contributed by atoms with Crippen molar-refractivity contribution in [1.82, 2.24) is 19.8 Å². The van der Waals surface area contributed by atoms with Crippen molar-refractivity contribution in [1.29, 1.82) is 0 Å². The Labute approximate surface area is 158 Å². The third-order valence-corrected chi connectivity index (χ3v) is 5.59. The van der Waals surface area contributed by atoms with Gasteiger partial charge in [-0.3, -0.25) is 0 Å². The first-order valence-corrected chi connectivity index (χ1v) is 9.63. The summed E-state index contributed by atoms with van der Waals surface area (Å²) in [6.45, 7) is 5.61. The van der Waals surface area contributed by atoms with Gasteiger partial charge in [0.25, 0.3) is 0 Å². The van der Waals surface area contributed by atoms with E-state index >= 15 is 0 Å². The Bertz CT molecular complexity index is 1080. The molecule has 6 nitrogen and oxygen atoms in total. The van der Waals surface area contributed by atoms with Crippen LogP contribution in [0.1, 0.15) is 5.82 Å². The van der Waals surface area contributed by atoms with Crippen LogP contribution in [0.5, 0.6) is 0 Å². The lowest BCUT2D eigenvalue weighted by atomic mass is 10.1. The third kappa shape index (κ3) is 2.97. The van der Waals surface area contributed by atoms with E-state index in [1.807, 2.05) is 10.6 Å². The Balaban J connectivity index is 1.64. The molecule has 0 atom stereocenters. The second-order valence-corrected chi connectivity index (χ2v) is 7.50. The minimum Gasteiger partial charge on any atom is -0.328 e. The van der Waals surface area contributed by atoms with Crippen molar-refractivity contribution in [3.63, 3.8) is 0 Å². The van der Waals surface area contributed by atoms with Crippen molar-refractivity contribution in [3.8, 4) is 11.3 Å². The SMILES string of the molecule is C[NH+]1CC[NH+](Cc2nnc3c4ccccc4c(-c4ccccc4)nn23)CC1. The van der Waals surface area contributed by atoms with Gasteiger partial charge in [-0.2, -0.15) is 9.61 Å². The zero-order chi connectivity index (χ0) is 18.2. The summed E-state index contributed by atoms with van der Waals surface area (Å²) in [7, 11) is 2.27. The van der Waals surface area contributed by atoms with Crippen LogP contribution >= 0.6 is 0 Å². The van der Waals surface area contributed by atoms with Crippen molar-refractivity contribution in [2.75, 3.05) is 33.2 Å². The number of likely N-dealkylation sites (N-methyl/N-ethyl adjacent to an activating group) is 1. The van der Waals surface area contributed by atoms with E-state index < -0.39 is 0 Å². The normalized spacial score (nSPS) is 20.3. The van der Waals surface area contributed by atoms with Crippen LogP contribution in [0.25, 0.3) is 27.7 Å². The average molecular weight is 360 g/mol. The first kappa shape index (κ1) is 16.4. The molecule has 5 rings (SSSR count). The number of quaternary nitrogens is 2. The lowest BCUT2D eigenvalue weighted by molar-refractivity contribution is -1.01. The van der Waals surface area contributed by atoms with Gasteiger partial charge in [-0.05, 0) is 0 Å². The second-order valence-electron chi connectivity index (χ2n) is 7.50. The fourth-order valence-corrected chi connectivity index (χ4v) is 3.97. The molecule has 6 heteroatoms. The van der Waals surface area contributed by atoms with Gasteiger partial charge in [-0.15, -0.1) is 10.2 Å². The van der Waals surface area contributed by atoms with Gasteiger partial charge in [0.1, 0.15) is 32.7 Å². The smallest absolute Gasteiger partial charge is 0.209 e. The number of benzene rings is 2. The Hall–Kier alpha value is -2.83. The number of hydrogen-bond donors (Lipinski definition) is 2. The van der Waals surface area contributed by atoms with Crippen LogP contribution in [0.4, 0.5) is 0 Å². The highest BCUT2D eigenvalue weighted by molar-refractivity contribution is 6.01. The zero-order valence-corrected chi connectivity index (χ0v) is 15.5. The quantitative estimate of drug-likeness (QED) is 0.535. The van der Waals surface area contributed by atoms with Crippen molar-refractivity contribution in [2.24, 2.45) is 0 Å². The molecule has 0 radical (unpaired) electrons. The van der Waals surface area contributed by atoms with E-state index in [9.17, 15) is 0 Å².